The van der Waals surface area contributed by atoms with Gasteiger partial charge < -0.3 is 14.8 Å². The van der Waals surface area contributed by atoms with E-state index in [9.17, 15) is 9.59 Å². The first-order valence-corrected chi connectivity index (χ1v) is 10.1. The highest BCUT2D eigenvalue weighted by molar-refractivity contribution is 9.10. The molecule has 29 heavy (non-hydrogen) atoms. The number of nitrogens with one attached hydrogen (secondary N) is 2. The van der Waals surface area contributed by atoms with Gasteiger partial charge >= 0.3 is 11.8 Å². The molecule has 0 radical (unpaired) electrons. The summed E-state index contributed by atoms with van der Waals surface area (Å²) in [5.74, 6) is -0.814. The number of benzene rings is 2. The number of halogens is 1. The number of ether oxygens (including phenoxy) is 2. The molecule has 0 bridgehead atoms. The largest absolute Gasteiger partial charge is 0.489 e. The van der Waals surface area contributed by atoms with Crippen LogP contribution in [-0.4, -0.2) is 37.3 Å². The summed E-state index contributed by atoms with van der Waals surface area (Å²) in [6.07, 6.45) is 3.32. The van der Waals surface area contributed by atoms with Crippen molar-refractivity contribution in [3.05, 3.63) is 64.1 Å². The maximum Gasteiger partial charge on any atom is 0.329 e. The zero-order valence-corrected chi connectivity index (χ0v) is 17.4. The first-order chi connectivity index (χ1) is 14.1. The highest BCUT2D eigenvalue weighted by Crippen LogP contribution is 2.15. The summed E-state index contributed by atoms with van der Waals surface area (Å²) in [7, 11) is 0. The second-order valence-corrected chi connectivity index (χ2v) is 7.44. The smallest absolute Gasteiger partial charge is 0.329 e. The number of hydrogen-bond donors (Lipinski definition) is 2. The van der Waals surface area contributed by atoms with Crippen LogP contribution in [0.4, 0.5) is 0 Å². The third-order valence-corrected chi connectivity index (χ3v) is 4.83. The summed E-state index contributed by atoms with van der Waals surface area (Å²) in [4.78, 5) is 23.5. The molecule has 1 fully saturated rings. The summed E-state index contributed by atoms with van der Waals surface area (Å²) in [6.45, 7) is 1.50. The van der Waals surface area contributed by atoms with Crippen molar-refractivity contribution < 1.29 is 19.1 Å². The molecule has 0 spiro atoms. The Morgan fingerprint density at radius 2 is 1.90 bits per heavy atom. The van der Waals surface area contributed by atoms with Gasteiger partial charge in [0.15, 0.2) is 0 Å². The van der Waals surface area contributed by atoms with Crippen molar-refractivity contribution in [2.75, 3.05) is 13.2 Å². The lowest BCUT2D eigenvalue weighted by molar-refractivity contribution is -0.139. The number of carbonyl (C=O) groups is 2. The van der Waals surface area contributed by atoms with Gasteiger partial charge in [0.1, 0.15) is 12.4 Å². The van der Waals surface area contributed by atoms with E-state index in [-0.39, 0.29) is 6.10 Å². The lowest BCUT2D eigenvalue weighted by Gasteiger charge is -2.09. The third kappa shape index (κ3) is 6.99. The van der Waals surface area contributed by atoms with Gasteiger partial charge in [0.05, 0.1) is 12.3 Å². The molecule has 3 rings (SSSR count). The molecule has 2 aromatic rings. The fourth-order valence-corrected chi connectivity index (χ4v) is 2.97. The summed E-state index contributed by atoms with van der Waals surface area (Å²) >= 11 is 3.40. The molecule has 152 valence electrons. The number of carbonyl (C=O) groups excluding carboxylic acids is 2. The highest BCUT2D eigenvalue weighted by atomic mass is 79.9. The van der Waals surface area contributed by atoms with Gasteiger partial charge in [-0.1, -0.05) is 28.1 Å². The molecule has 1 aliphatic heterocycles. The summed E-state index contributed by atoms with van der Waals surface area (Å²) in [5.41, 5.74) is 4.05. The molecular weight excluding hydrogens is 438 g/mol. The third-order valence-electron chi connectivity index (χ3n) is 4.30. The van der Waals surface area contributed by atoms with Crippen LogP contribution in [0.5, 0.6) is 5.75 Å². The van der Waals surface area contributed by atoms with Gasteiger partial charge in [0.2, 0.25) is 0 Å². The Kier molecular flexibility index (Phi) is 7.77. The first kappa shape index (κ1) is 21.0. The number of rotatable bonds is 7. The normalized spacial score (nSPS) is 16.0. The van der Waals surface area contributed by atoms with Crippen LogP contribution in [-0.2, 0) is 20.9 Å². The van der Waals surface area contributed by atoms with E-state index in [0.29, 0.717) is 19.8 Å². The van der Waals surface area contributed by atoms with Gasteiger partial charge in [-0.3, -0.25) is 9.59 Å². The van der Waals surface area contributed by atoms with E-state index in [1.165, 1.54) is 6.21 Å². The van der Waals surface area contributed by atoms with Crippen LogP contribution in [0, 0.1) is 0 Å². The zero-order chi connectivity index (χ0) is 20.5. The molecule has 0 saturated carbocycles. The molecule has 0 unspecified atom stereocenters. The fraction of sp³-hybridized carbons (Fsp3) is 0.286. The molecule has 8 heteroatoms. The Labute approximate surface area is 177 Å². The molecule has 1 atom stereocenters. The van der Waals surface area contributed by atoms with E-state index in [1.807, 2.05) is 48.5 Å². The van der Waals surface area contributed by atoms with Crippen LogP contribution in [0.2, 0.25) is 0 Å². The van der Waals surface area contributed by atoms with E-state index in [0.717, 1.165) is 34.2 Å². The molecule has 2 aromatic carbocycles. The zero-order valence-electron chi connectivity index (χ0n) is 15.8. The Hall–Kier alpha value is -2.71. The predicted molar refractivity (Wildman–Crippen MR) is 113 cm³/mol. The van der Waals surface area contributed by atoms with Crippen molar-refractivity contribution in [3.63, 3.8) is 0 Å². The Morgan fingerprint density at radius 3 is 2.59 bits per heavy atom. The lowest BCUT2D eigenvalue weighted by atomic mass is 10.2. The van der Waals surface area contributed by atoms with Crippen molar-refractivity contribution in [3.8, 4) is 5.75 Å². The second kappa shape index (κ2) is 10.7. The molecular formula is C21H22BrN3O4. The average Bonchev–Trinajstić information content (AvgIpc) is 3.26. The molecule has 0 aromatic heterocycles. The standard InChI is InChI=1S/C21H22BrN3O4/c22-17-7-3-16(4-8-17)14-29-18-9-5-15(6-10-18)12-24-25-21(27)20(26)23-13-19-2-1-11-28-19/h3-10,12,19H,1-2,11,13-14H2,(H,23,26)(H,25,27)/b24-12-/t19-/m0/s1. The number of amides is 2. The van der Waals surface area contributed by atoms with Crippen LogP contribution < -0.4 is 15.5 Å². The van der Waals surface area contributed by atoms with Crippen molar-refractivity contribution in [2.45, 2.75) is 25.6 Å². The predicted octanol–water partition coefficient (Wildman–Crippen LogP) is 2.77. The topological polar surface area (TPSA) is 89.0 Å². The van der Waals surface area contributed by atoms with Gasteiger partial charge in [-0.05, 0) is 60.4 Å². The molecule has 1 heterocycles. The maximum absolute atomic E-state index is 11.7. The van der Waals surface area contributed by atoms with E-state index < -0.39 is 11.8 Å². The maximum atomic E-state index is 11.7. The summed E-state index contributed by atoms with van der Waals surface area (Å²) in [5, 5.41) is 6.35. The first-order valence-electron chi connectivity index (χ1n) is 9.30. The molecule has 0 aliphatic carbocycles. The average molecular weight is 460 g/mol. The molecule has 2 amide bonds. The second-order valence-electron chi connectivity index (χ2n) is 6.53. The number of hydrogen-bond acceptors (Lipinski definition) is 5. The Morgan fingerprint density at radius 1 is 1.14 bits per heavy atom. The monoisotopic (exact) mass is 459 g/mol. The molecule has 1 aliphatic rings. The number of nitrogens with zero attached hydrogens (tertiary/aromatic N) is 1. The Bertz CT molecular complexity index is 847. The lowest BCUT2D eigenvalue weighted by Crippen LogP contribution is -2.41. The van der Waals surface area contributed by atoms with Gasteiger partial charge in [0.25, 0.3) is 0 Å². The van der Waals surface area contributed by atoms with Crippen LogP contribution in [0.25, 0.3) is 0 Å². The minimum Gasteiger partial charge on any atom is -0.489 e. The van der Waals surface area contributed by atoms with Crippen LogP contribution in [0.3, 0.4) is 0 Å². The minimum absolute atomic E-state index is 0.0141. The van der Waals surface area contributed by atoms with Crippen molar-refractivity contribution >= 4 is 34.0 Å². The summed E-state index contributed by atoms with van der Waals surface area (Å²) in [6, 6.07) is 15.2. The van der Waals surface area contributed by atoms with Gasteiger partial charge in [0, 0.05) is 17.6 Å². The van der Waals surface area contributed by atoms with Gasteiger partial charge in [-0.15, -0.1) is 0 Å². The SMILES string of the molecule is O=C(NC[C@@H]1CCCO1)C(=O)N/N=C\c1ccc(OCc2ccc(Br)cc2)cc1. The molecule has 1 saturated heterocycles. The minimum atomic E-state index is -0.811. The van der Waals surface area contributed by atoms with Crippen molar-refractivity contribution in [1.82, 2.24) is 10.7 Å². The van der Waals surface area contributed by atoms with Gasteiger partial charge in [-0.2, -0.15) is 5.10 Å². The van der Waals surface area contributed by atoms with Crippen molar-refractivity contribution in [2.24, 2.45) is 5.10 Å². The van der Waals surface area contributed by atoms with Gasteiger partial charge in [-0.25, -0.2) is 5.43 Å². The Balaban J connectivity index is 1.40. The van der Waals surface area contributed by atoms with E-state index >= 15 is 0 Å². The van der Waals surface area contributed by atoms with Crippen molar-refractivity contribution in [1.29, 1.82) is 0 Å². The quantitative estimate of drug-likeness (QED) is 0.378. The van der Waals surface area contributed by atoms with Crippen LogP contribution in [0.1, 0.15) is 24.0 Å². The van der Waals surface area contributed by atoms with Crippen LogP contribution >= 0.6 is 15.9 Å². The van der Waals surface area contributed by atoms with Crippen LogP contribution in [0.15, 0.2) is 58.1 Å². The van der Waals surface area contributed by atoms with E-state index in [2.05, 4.69) is 31.8 Å². The number of hydrazone groups is 1. The summed E-state index contributed by atoms with van der Waals surface area (Å²) < 4.78 is 12.2. The van der Waals surface area contributed by atoms with E-state index in [4.69, 9.17) is 9.47 Å². The van der Waals surface area contributed by atoms with E-state index in [1.54, 1.807) is 0 Å². The highest BCUT2D eigenvalue weighted by Gasteiger charge is 2.18. The molecule has 2 N–H and O–H groups in total. The fourth-order valence-electron chi connectivity index (χ4n) is 2.71. The molecule has 7 nitrogen and oxygen atoms in total.